The lowest BCUT2D eigenvalue weighted by Crippen LogP contribution is -2.23. The molecule has 0 radical (unpaired) electrons. The van der Waals surface area contributed by atoms with Crippen molar-refractivity contribution in [2.75, 3.05) is 6.61 Å². The van der Waals surface area contributed by atoms with Gasteiger partial charge in [-0.1, -0.05) is 30.3 Å². The number of hydrogen-bond acceptors (Lipinski definition) is 6. The van der Waals surface area contributed by atoms with Crippen LogP contribution in [0.1, 0.15) is 6.92 Å². The Kier molecular flexibility index (Phi) is 4.35. The summed E-state index contributed by atoms with van der Waals surface area (Å²) >= 11 is 0.803. The van der Waals surface area contributed by atoms with Crippen LogP contribution in [0.2, 0.25) is 0 Å². The Morgan fingerprint density at radius 3 is 2.75 bits per heavy atom. The predicted octanol–water partition coefficient (Wildman–Crippen LogP) is 1.99. The number of nitrogens with zero attached hydrogens (tertiary/aromatic N) is 2. The molecule has 1 N–H and O–H groups in total. The molecule has 0 amide bonds. The van der Waals surface area contributed by atoms with Gasteiger partial charge in [-0.3, -0.25) is 0 Å². The molecule has 0 fully saturated rings. The van der Waals surface area contributed by atoms with Gasteiger partial charge in [-0.2, -0.15) is 12.8 Å². The Labute approximate surface area is 121 Å². The molecule has 0 aliphatic carbocycles. The fourth-order valence-electron chi connectivity index (χ4n) is 1.42. The molecule has 0 aliphatic heterocycles. The van der Waals surface area contributed by atoms with E-state index in [2.05, 4.69) is 20.7 Å². The molecule has 0 spiro atoms. The largest absolute Gasteiger partial charge is 0.479 e. The summed E-state index contributed by atoms with van der Waals surface area (Å²) in [6, 6.07) is 9.15. The minimum absolute atomic E-state index is 0.0380. The molecule has 1 aromatic carbocycles. The summed E-state index contributed by atoms with van der Waals surface area (Å²) in [5.74, 6) is 0.335. The fraction of sp³-hybridized carbons (Fsp3) is 0.167. The fourth-order valence-corrected chi connectivity index (χ4v) is 3.14. The van der Waals surface area contributed by atoms with Crippen LogP contribution in [0.3, 0.4) is 0 Å². The van der Waals surface area contributed by atoms with Crippen LogP contribution in [0.25, 0.3) is 11.4 Å². The number of benzene rings is 1. The van der Waals surface area contributed by atoms with E-state index in [1.807, 2.05) is 30.3 Å². The minimum Gasteiger partial charge on any atom is -0.479 e. The third kappa shape index (κ3) is 3.34. The molecule has 0 bridgehead atoms. The van der Waals surface area contributed by atoms with Gasteiger partial charge in [-0.05, 0) is 13.5 Å². The van der Waals surface area contributed by atoms with Gasteiger partial charge in [-0.15, -0.1) is 0 Å². The molecule has 8 heteroatoms. The Morgan fingerprint density at radius 1 is 1.40 bits per heavy atom. The van der Waals surface area contributed by atoms with Crippen LogP contribution >= 0.6 is 11.5 Å². The van der Waals surface area contributed by atoms with Crippen molar-refractivity contribution in [3.63, 3.8) is 0 Å². The van der Waals surface area contributed by atoms with Crippen LogP contribution in [0.5, 0.6) is 0 Å². The Morgan fingerprint density at radius 2 is 2.10 bits per heavy atom. The SMILES string of the molecule is C=C(NS(=O)(=O)c1nc(-c2ccccc2)ns1)OCC. The number of nitrogens with one attached hydrogen (secondary N) is 1. The van der Waals surface area contributed by atoms with Crippen LogP contribution in [0, 0.1) is 0 Å². The zero-order valence-corrected chi connectivity index (χ0v) is 12.4. The Hall–Kier alpha value is -1.93. The molecule has 1 heterocycles. The number of aromatic nitrogens is 2. The van der Waals surface area contributed by atoms with Crippen LogP contribution in [0.4, 0.5) is 0 Å². The van der Waals surface area contributed by atoms with E-state index in [0.29, 0.717) is 12.4 Å². The van der Waals surface area contributed by atoms with Crippen molar-refractivity contribution in [1.29, 1.82) is 0 Å². The summed E-state index contributed by atoms with van der Waals surface area (Å²) in [6.45, 7) is 5.52. The van der Waals surface area contributed by atoms with Gasteiger partial charge in [0.25, 0.3) is 10.0 Å². The second-order valence-electron chi connectivity index (χ2n) is 3.71. The smallest absolute Gasteiger partial charge is 0.293 e. The van der Waals surface area contributed by atoms with E-state index >= 15 is 0 Å². The highest BCUT2D eigenvalue weighted by atomic mass is 32.2. The molecule has 6 nitrogen and oxygen atoms in total. The summed E-state index contributed by atoms with van der Waals surface area (Å²) in [7, 11) is -3.80. The highest BCUT2D eigenvalue weighted by molar-refractivity contribution is 7.91. The maximum absolute atomic E-state index is 12.0. The van der Waals surface area contributed by atoms with E-state index in [1.54, 1.807) is 6.92 Å². The van der Waals surface area contributed by atoms with Crippen molar-refractivity contribution in [3.8, 4) is 11.4 Å². The average molecular weight is 311 g/mol. The molecule has 2 aromatic rings. The number of hydrogen-bond donors (Lipinski definition) is 1. The number of ether oxygens (including phenoxy) is 1. The van der Waals surface area contributed by atoms with Gasteiger partial charge in [0.1, 0.15) is 0 Å². The van der Waals surface area contributed by atoms with E-state index in [1.165, 1.54) is 0 Å². The first kappa shape index (κ1) is 14.5. The molecule has 2 rings (SSSR count). The average Bonchev–Trinajstić information content (AvgIpc) is 2.90. The van der Waals surface area contributed by atoms with Gasteiger partial charge in [0.2, 0.25) is 4.34 Å². The van der Waals surface area contributed by atoms with E-state index in [-0.39, 0.29) is 10.2 Å². The van der Waals surface area contributed by atoms with Gasteiger partial charge in [0.15, 0.2) is 11.7 Å². The quantitative estimate of drug-likeness (QED) is 0.825. The monoisotopic (exact) mass is 311 g/mol. The van der Waals surface area contributed by atoms with E-state index in [4.69, 9.17) is 4.74 Å². The molecule has 0 aliphatic rings. The third-order valence-corrected chi connectivity index (χ3v) is 4.68. The molecule has 0 unspecified atom stereocenters. The molecular weight excluding hydrogens is 298 g/mol. The Balaban J connectivity index is 2.22. The molecule has 20 heavy (non-hydrogen) atoms. The second-order valence-corrected chi connectivity index (χ2v) is 6.32. The van der Waals surface area contributed by atoms with Gasteiger partial charge < -0.3 is 4.74 Å². The van der Waals surface area contributed by atoms with Crippen molar-refractivity contribution >= 4 is 21.6 Å². The van der Waals surface area contributed by atoms with E-state index in [9.17, 15) is 8.42 Å². The summed E-state index contributed by atoms with van der Waals surface area (Å²) in [5, 5.41) is 0. The van der Waals surface area contributed by atoms with Crippen molar-refractivity contribution in [3.05, 3.63) is 42.8 Å². The van der Waals surface area contributed by atoms with Gasteiger partial charge >= 0.3 is 0 Å². The topological polar surface area (TPSA) is 81.2 Å². The number of rotatable bonds is 6. The number of sulfonamides is 1. The zero-order chi connectivity index (χ0) is 14.6. The summed E-state index contributed by atoms with van der Waals surface area (Å²) in [4.78, 5) is 4.03. The summed E-state index contributed by atoms with van der Waals surface area (Å²) in [5.41, 5.74) is 0.758. The van der Waals surface area contributed by atoms with E-state index < -0.39 is 10.0 Å². The first-order valence-electron chi connectivity index (χ1n) is 5.76. The van der Waals surface area contributed by atoms with Crippen molar-refractivity contribution < 1.29 is 13.2 Å². The first-order valence-corrected chi connectivity index (χ1v) is 8.02. The van der Waals surface area contributed by atoms with Crippen molar-refractivity contribution in [1.82, 2.24) is 14.1 Å². The lowest BCUT2D eigenvalue weighted by atomic mass is 10.2. The maximum atomic E-state index is 12.0. The van der Waals surface area contributed by atoms with Gasteiger partial charge in [-0.25, -0.2) is 9.71 Å². The molecule has 106 valence electrons. The Bertz CT molecular complexity index is 696. The maximum Gasteiger partial charge on any atom is 0.293 e. The van der Waals surface area contributed by atoms with Gasteiger partial charge in [0, 0.05) is 17.1 Å². The van der Waals surface area contributed by atoms with Crippen molar-refractivity contribution in [2.45, 2.75) is 11.3 Å². The first-order chi connectivity index (χ1) is 9.53. The second kappa shape index (κ2) is 6.02. The van der Waals surface area contributed by atoms with Crippen LogP contribution in [-0.2, 0) is 14.8 Å². The van der Waals surface area contributed by atoms with Crippen molar-refractivity contribution in [2.24, 2.45) is 0 Å². The highest BCUT2D eigenvalue weighted by Gasteiger charge is 2.21. The van der Waals surface area contributed by atoms with Gasteiger partial charge in [0.05, 0.1) is 6.61 Å². The molecule has 0 saturated heterocycles. The van der Waals surface area contributed by atoms with Crippen LogP contribution in [0.15, 0.2) is 47.1 Å². The van der Waals surface area contributed by atoms with Crippen LogP contribution < -0.4 is 4.72 Å². The molecule has 1 aromatic heterocycles. The molecule has 0 atom stereocenters. The lowest BCUT2D eigenvalue weighted by molar-refractivity contribution is 0.220. The minimum atomic E-state index is -3.80. The van der Waals surface area contributed by atoms with Crippen LogP contribution in [-0.4, -0.2) is 24.4 Å². The standard InChI is InChI=1S/C12H13N3O3S2/c1-3-18-9(2)15-20(16,17)12-13-11(14-19-12)10-7-5-4-6-8-10/h4-8,15H,2-3H2,1H3. The predicted molar refractivity (Wildman–Crippen MR) is 76.4 cm³/mol. The summed E-state index contributed by atoms with van der Waals surface area (Å²) < 4.78 is 35.1. The van der Waals surface area contributed by atoms with E-state index in [0.717, 1.165) is 17.1 Å². The molecular formula is C12H13N3O3S2. The molecule has 0 saturated carbocycles. The normalized spacial score (nSPS) is 11.1. The lowest BCUT2D eigenvalue weighted by Gasteiger charge is -2.07. The summed E-state index contributed by atoms with van der Waals surface area (Å²) in [6.07, 6.45) is 0. The zero-order valence-electron chi connectivity index (χ0n) is 10.7. The third-order valence-electron chi connectivity index (χ3n) is 2.24. The highest BCUT2D eigenvalue weighted by Crippen LogP contribution is 2.20.